The summed E-state index contributed by atoms with van der Waals surface area (Å²) in [5.41, 5.74) is 6.46. The summed E-state index contributed by atoms with van der Waals surface area (Å²) < 4.78 is 0. The fourth-order valence-corrected chi connectivity index (χ4v) is 1.31. The van der Waals surface area contributed by atoms with Crippen LogP contribution in [-0.4, -0.2) is 18.7 Å². The minimum Gasteiger partial charge on any atom is -0.505 e. The molecule has 0 aliphatic rings. The number of anilines is 1. The van der Waals surface area contributed by atoms with Crippen molar-refractivity contribution in [3.8, 4) is 5.75 Å². The first-order valence-corrected chi connectivity index (χ1v) is 4.62. The lowest BCUT2D eigenvalue weighted by Gasteiger charge is -2.03. The molecule has 0 bridgehead atoms. The van der Waals surface area contributed by atoms with Gasteiger partial charge in [0, 0.05) is 17.1 Å². The number of hydrogen-bond acceptors (Lipinski definition) is 3. The number of phenolic OH excluding ortho intramolecular Hbond substituents is 1. The number of aromatic hydroxyl groups is 1. The monoisotopic (exact) mass is 212 g/mol. The summed E-state index contributed by atoms with van der Waals surface area (Å²) in [5.74, 6) is 0.0711. The Balaban J connectivity index is 2.96. The molecule has 0 unspecified atom stereocenters. The number of nitrogens with one attached hydrogen (secondary N) is 1. The highest BCUT2D eigenvalue weighted by molar-refractivity contribution is 6.31. The van der Waals surface area contributed by atoms with Crippen LogP contribution >= 0.6 is 11.6 Å². The lowest BCUT2D eigenvalue weighted by atomic mass is 10.1. The van der Waals surface area contributed by atoms with Crippen molar-refractivity contribution >= 4 is 23.4 Å². The van der Waals surface area contributed by atoms with Gasteiger partial charge in [-0.1, -0.05) is 23.8 Å². The van der Waals surface area contributed by atoms with E-state index in [2.05, 4.69) is 5.32 Å². The van der Waals surface area contributed by atoms with E-state index in [1.54, 1.807) is 12.1 Å². The number of nitrogen functional groups attached to an aromatic ring is 1. The van der Waals surface area contributed by atoms with Gasteiger partial charge in [-0.15, -0.1) is 0 Å². The Morgan fingerprint density at radius 3 is 2.93 bits per heavy atom. The molecule has 0 spiro atoms. The second-order valence-corrected chi connectivity index (χ2v) is 3.33. The summed E-state index contributed by atoms with van der Waals surface area (Å²) in [6.45, 7) is 0.728. The molecule has 0 amide bonds. The summed E-state index contributed by atoms with van der Waals surface area (Å²) in [6, 6.07) is 3.19. The van der Waals surface area contributed by atoms with Crippen LogP contribution in [-0.2, 0) is 0 Å². The number of halogens is 1. The maximum absolute atomic E-state index is 9.57. The second-order valence-electron chi connectivity index (χ2n) is 2.89. The molecule has 1 aromatic carbocycles. The molecule has 3 nitrogen and oxygen atoms in total. The van der Waals surface area contributed by atoms with Crippen molar-refractivity contribution in [1.82, 2.24) is 5.32 Å². The van der Waals surface area contributed by atoms with Crippen molar-refractivity contribution in [3.63, 3.8) is 0 Å². The minimum absolute atomic E-state index is 0.0711. The van der Waals surface area contributed by atoms with Gasteiger partial charge in [0.25, 0.3) is 0 Å². The second kappa shape index (κ2) is 4.88. The lowest BCUT2D eigenvalue weighted by molar-refractivity contribution is 0.476. The molecule has 4 heteroatoms. The number of nitrogens with two attached hydrogens (primary N) is 1. The van der Waals surface area contributed by atoms with Crippen molar-refractivity contribution in [1.29, 1.82) is 0 Å². The number of phenols is 1. The zero-order chi connectivity index (χ0) is 10.6. The van der Waals surface area contributed by atoms with Crippen molar-refractivity contribution in [3.05, 3.63) is 28.8 Å². The molecule has 0 radical (unpaired) electrons. The van der Waals surface area contributed by atoms with E-state index in [1.807, 2.05) is 13.1 Å². The molecule has 0 aliphatic carbocycles. The first kappa shape index (κ1) is 10.9. The fourth-order valence-electron chi connectivity index (χ4n) is 1.07. The van der Waals surface area contributed by atoms with E-state index in [0.717, 1.165) is 6.54 Å². The van der Waals surface area contributed by atoms with Gasteiger partial charge in [-0.3, -0.25) is 0 Å². The van der Waals surface area contributed by atoms with Crippen molar-refractivity contribution < 1.29 is 5.11 Å². The van der Waals surface area contributed by atoms with E-state index in [1.165, 1.54) is 6.07 Å². The van der Waals surface area contributed by atoms with Gasteiger partial charge in [-0.25, -0.2) is 0 Å². The van der Waals surface area contributed by atoms with Gasteiger partial charge in [0.1, 0.15) is 5.75 Å². The van der Waals surface area contributed by atoms with Gasteiger partial charge < -0.3 is 16.2 Å². The van der Waals surface area contributed by atoms with Gasteiger partial charge in [-0.2, -0.15) is 0 Å². The van der Waals surface area contributed by atoms with Crippen LogP contribution in [0.4, 0.5) is 5.69 Å². The Labute approximate surface area is 88.2 Å². The topological polar surface area (TPSA) is 58.3 Å². The molecule has 0 saturated carbocycles. The average molecular weight is 213 g/mol. The smallest absolute Gasteiger partial charge is 0.145 e. The molecule has 0 heterocycles. The largest absolute Gasteiger partial charge is 0.505 e. The zero-order valence-electron chi connectivity index (χ0n) is 7.92. The van der Waals surface area contributed by atoms with E-state index >= 15 is 0 Å². The molecule has 0 aromatic heterocycles. The highest BCUT2D eigenvalue weighted by Crippen LogP contribution is 2.29. The summed E-state index contributed by atoms with van der Waals surface area (Å²) in [7, 11) is 1.84. The third kappa shape index (κ3) is 2.65. The third-order valence-electron chi connectivity index (χ3n) is 1.75. The molecular formula is C10H13ClN2O. The first-order chi connectivity index (χ1) is 6.65. The number of benzene rings is 1. The number of rotatable bonds is 3. The SMILES string of the molecule is CNCC=Cc1cc(Cl)cc(N)c1O. The van der Waals surface area contributed by atoms with E-state index < -0.39 is 0 Å². The molecule has 14 heavy (non-hydrogen) atoms. The number of hydrogen-bond donors (Lipinski definition) is 3. The van der Waals surface area contributed by atoms with Crippen molar-refractivity contribution in [2.45, 2.75) is 0 Å². The Morgan fingerprint density at radius 1 is 1.57 bits per heavy atom. The molecule has 0 aliphatic heterocycles. The molecular weight excluding hydrogens is 200 g/mol. The van der Waals surface area contributed by atoms with Gasteiger partial charge in [0.05, 0.1) is 5.69 Å². The standard InChI is InChI=1S/C10H13ClN2O/c1-13-4-2-3-7-5-8(11)6-9(12)10(7)14/h2-3,5-6,13-14H,4,12H2,1H3. The van der Waals surface area contributed by atoms with E-state index in [-0.39, 0.29) is 5.75 Å². The zero-order valence-corrected chi connectivity index (χ0v) is 8.67. The first-order valence-electron chi connectivity index (χ1n) is 4.24. The van der Waals surface area contributed by atoms with E-state index in [4.69, 9.17) is 17.3 Å². The van der Waals surface area contributed by atoms with Crippen molar-refractivity contribution in [2.24, 2.45) is 0 Å². The normalized spacial score (nSPS) is 11.0. The summed E-state index contributed by atoms with van der Waals surface area (Å²) in [6.07, 6.45) is 3.65. The van der Waals surface area contributed by atoms with Crippen LogP contribution in [0.2, 0.25) is 5.02 Å². The fraction of sp³-hybridized carbons (Fsp3) is 0.200. The molecule has 1 rings (SSSR count). The predicted octanol–water partition coefficient (Wildman–Crippen LogP) is 1.86. The average Bonchev–Trinajstić information content (AvgIpc) is 2.13. The van der Waals surface area contributed by atoms with Crippen LogP contribution in [0.1, 0.15) is 5.56 Å². The van der Waals surface area contributed by atoms with Gasteiger partial charge >= 0.3 is 0 Å². The maximum Gasteiger partial charge on any atom is 0.145 e. The Hall–Kier alpha value is -1.19. The van der Waals surface area contributed by atoms with E-state index in [9.17, 15) is 5.11 Å². The highest BCUT2D eigenvalue weighted by Gasteiger charge is 2.03. The van der Waals surface area contributed by atoms with Crippen LogP contribution < -0.4 is 11.1 Å². The van der Waals surface area contributed by atoms with E-state index in [0.29, 0.717) is 16.3 Å². The molecule has 0 fully saturated rings. The molecule has 4 N–H and O–H groups in total. The van der Waals surface area contributed by atoms with Gasteiger partial charge in [0.15, 0.2) is 0 Å². The van der Waals surface area contributed by atoms with Crippen LogP contribution in [0.25, 0.3) is 6.08 Å². The summed E-state index contributed by atoms with van der Waals surface area (Å²) in [4.78, 5) is 0. The molecule has 0 saturated heterocycles. The number of likely N-dealkylation sites (N-methyl/N-ethyl adjacent to an activating group) is 1. The lowest BCUT2D eigenvalue weighted by Crippen LogP contribution is -2.03. The highest BCUT2D eigenvalue weighted by atomic mass is 35.5. The maximum atomic E-state index is 9.57. The van der Waals surface area contributed by atoms with Crippen LogP contribution in [0, 0.1) is 0 Å². The third-order valence-corrected chi connectivity index (χ3v) is 1.97. The minimum atomic E-state index is 0.0711. The summed E-state index contributed by atoms with van der Waals surface area (Å²) in [5, 5.41) is 13.0. The Kier molecular flexibility index (Phi) is 3.80. The van der Waals surface area contributed by atoms with Gasteiger partial charge in [-0.05, 0) is 19.2 Å². The molecule has 1 aromatic rings. The van der Waals surface area contributed by atoms with Crippen molar-refractivity contribution in [2.75, 3.05) is 19.3 Å². The molecule has 76 valence electrons. The predicted molar refractivity (Wildman–Crippen MR) is 60.5 cm³/mol. The quantitative estimate of drug-likeness (QED) is 0.530. The van der Waals surface area contributed by atoms with Gasteiger partial charge in [0.2, 0.25) is 0 Å². The van der Waals surface area contributed by atoms with Crippen LogP contribution in [0.3, 0.4) is 0 Å². The Morgan fingerprint density at radius 2 is 2.29 bits per heavy atom. The molecule has 0 atom stereocenters. The Bertz CT molecular complexity index is 350. The van der Waals surface area contributed by atoms with Crippen LogP contribution in [0.5, 0.6) is 5.75 Å². The summed E-state index contributed by atoms with van der Waals surface area (Å²) >= 11 is 5.79. The van der Waals surface area contributed by atoms with Crippen LogP contribution in [0.15, 0.2) is 18.2 Å².